The van der Waals surface area contributed by atoms with Gasteiger partial charge in [-0.05, 0) is 33.9 Å². The SMILES string of the molecule is CC(CNCC1CCCO1)N(C)C. The Labute approximate surface area is 81.4 Å². The van der Waals surface area contributed by atoms with E-state index >= 15 is 0 Å². The molecule has 3 nitrogen and oxygen atoms in total. The van der Waals surface area contributed by atoms with Gasteiger partial charge >= 0.3 is 0 Å². The van der Waals surface area contributed by atoms with Crippen LogP contribution >= 0.6 is 0 Å². The highest BCUT2D eigenvalue weighted by Gasteiger charge is 2.14. The third kappa shape index (κ3) is 4.07. The van der Waals surface area contributed by atoms with Crippen molar-refractivity contribution in [2.45, 2.75) is 31.9 Å². The van der Waals surface area contributed by atoms with Crippen molar-refractivity contribution in [2.24, 2.45) is 0 Å². The highest BCUT2D eigenvalue weighted by atomic mass is 16.5. The smallest absolute Gasteiger partial charge is 0.0700 e. The van der Waals surface area contributed by atoms with E-state index in [2.05, 4.69) is 31.2 Å². The zero-order valence-corrected chi connectivity index (χ0v) is 9.05. The van der Waals surface area contributed by atoms with E-state index in [0.717, 1.165) is 19.7 Å². The Morgan fingerprint density at radius 3 is 2.85 bits per heavy atom. The molecule has 0 bridgehead atoms. The van der Waals surface area contributed by atoms with Gasteiger partial charge in [-0.1, -0.05) is 0 Å². The van der Waals surface area contributed by atoms with E-state index in [4.69, 9.17) is 4.74 Å². The van der Waals surface area contributed by atoms with Crippen LogP contribution in [0.1, 0.15) is 19.8 Å². The van der Waals surface area contributed by atoms with Crippen molar-refractivity contribution in [3.8, 4) is 0 Å². The second-order valence-electron chi connectivity index (χ2n) is 4.11. The van der Waals surface area contributed by atoms with Crippen LogP contribution in [0.25, 0.3) is 0 Å². The third-order valence-electron chi connectivity index (χ3n) is 2.72. The second-order valence-corrected chi connectivity index (χ2v) is 4.11. The number of nitrogens with zero attached hydrogens (tertiary/aromatic N) is 1. The summed E-state index contributed by atoms with van der Waals surface area (Å²) in [4.78, 5) is 2.22. The topological polar surface area (TPSA) is 24.5 Å². The lowest BCUT2D eigenvalue weighted by atomic mass is 10.2. The maximum atomic E-state index is 5.52. The molecule has 1 heterocycles. The Morgan fingerprint density at radius 2 is 2.31 bits per heavy atom. The summed E-state index contributed by atoms with van der Waals surface area (Å²) < 4.78 is 5.52. The normalized spacial score (nSPS) is 25.4. The summed E-state index contributed by atoms with van der Waals surface area (Å²) in [6.45, 7) is 5.24. The van der Waals surface area contributed by atoms with Gasteiger partial charge in [-0.3, -0.25) is 0 Å². The second kappa shape index (κ2) is 5.58. The van der Waals surface area contributed by atoms with Gasteiger partial charge in [0.15, 0.2) is 0 Å². The molecule has 1 N–H and O–H groups in total. The van der Waals surface area contributed by atoms with Gasteiger partial charge in [0.25, 0.3) is 0 Å². The van der Waals surface area contributed by atoms with Crippen LogP contribution in [-0.2, 0) is 4.74 Å². The largest absolute Gasteiger partial charge is 0.377 e. The van der Waals surface area contributed by atoms with Crippen molar-refractivity contribution in [1.82, 2.24) is 10.2 Å². The summed E-state index contributed by atoms with van der Waals surface area (Å²) in [5.74, 6) is 0. The van der Waals surface area contributed by atoms with Gasteiger partial charge in [-0.2, -0.15) is 0 Å². The number of hydrogen-bond donors (Lipinski definition) is 1. The molecular weight excluding hydrogens is 164 g/mol. The molecule has 2 unspecified atom stereocenters. The van der Waals surface area contributed by atoms with Crippen molar-refractivity contribution in [3.05, 3.63) is 0 Å². The number of rotatable bonds is 5. The Bertz CT molecular complexity index is 131. The number of ether oxygens (including phenoxy) is 1. The Morgan fingerprint density at radius 1 is 1.54 bits per heavy atom. The molecule has 1 aliphatic rings. The number of nitrogens with one attached hydrogen (secondary N) is 1. The number of likely N-dealkylation sites (N-methyl/N-ethyl adjacent to an activating group) is 1. The molecule has 0 saturated carbocycles. The molecule has 0 spiro atoms. The zero-order chi connectivity index (χ0) is 9.68. The average Bonchev–Trinajstić information content (AvgIpc) is 2.56. The first-order chi connectivity index (χ1) is 6.20. The first-order valence-electron chi connectivity index (χ1n) is 5.19. The molecule has 1 saturated heterocycles. The summed E-state index contributed by atoms with van der Waals surface area (Å²) in [7, 11) is 4.22. The standard InChI is InChI=1S/C10H22N2O/c1-9(12(2)3)7-11-8-10-5-4-6-13-10/h9-11H,4-8H2,1-3H3. The van der Waals surface area contributed by atoms with Crippen LogP contribution < -0.4 is 5.32 Å². The van der Waals surface area contributed by atoms with E-state index in [1.165, 1.54) is 12.8 Å². The summed E-state index contributed by atoms with van der Waals surface area (Å²) >= 11 is 0. The number of hydrogen-bond acceptors (Lipinski definition) is 3. The van der Waals surface area contributed by atoms with Gasteiger partial charge in [-0.15, -0.1) is 0 Å². The maximum Gasteiger partial charge on any atom is 0.0700 e. The van der Waals surface area contributed by atoms with Gasteiger partial charge in [0, 0.05) is 25.7 Å². The summed E-state index contributed by atoms with van der Waals surface area (Å²) in [5.41, 5.74) is 0. The molecule has 0 amide bonds. The predicted octanol–water partition coefficient (Wildman–Crippen LogP) is 0.705. The molecule has 1 rings (SSSR count). The Hall–Kier alpha value is -0.120. The Kier molecular flexibility index (Phi) is 4.70. The fraction of sp³-hybridized carbons (Fsp3) is 1.00. The molecule has 3 heteroatoms. The fourth-order valence-electron chi connectivity index (χ4n) is 1.44. The van der Waals surface area contributed by atoms with Gasteiger partial charge < -0.3 is 15.0 Å². The zero-order valence-electron chi connectivity index (χ0n) is 9.05. The van der Waals surface area contributed by atoms with Crippen LogP contribution in [0, 0.1) is 0 Å². The van der Waals surface area contributed by atoms with Crippen LogP contribution in [0.5, 0.6) is 0 Å². The van der Waals surface area contributed by atoms with Gasteiger partial charge in [-0.25, -0.2) is 0 Å². The van der Waals surface area contributed by atoms with Crippen LogP contribution in [-0.4, -0.2) is 50.8 Å². The summed E-state index contributed by atoms with van der Waals surface area (Å²) in [6.07, 6.45) is 2.92. The molecule has 78 valence electrons. The van der Waals surface area contributed by atoms with Crippen molar-refractivity contribution >= 4 is 0 Å². The maximum absolute atomic E-state index is 5.52. The van der Waals surface area contributed by atoms with Gasteiger partial charge in [0.2, 0.25) is 0 Å². The van der Waals surface area contributed by atoms with Crippen LogP contribution in [0.3, 0.4) is 0 Å². The highest BCUT2D eigenvalue weighted by molar-refractivity contribution is 4.70. The van der Waals surface area contributed by atoms with Crippen molar-refractivity contribution in [3.63, 3.8) is 0 Å². The molecular formula is C10H22N2O. The molecule has 0 aliphatic carbocycles. The highest BCUT2D eigenvalue weighted by Crippen LogP contribution is 2.10. The van der Waals surface area contributed by atoms with E-state index in [1.807, 2.05) is 0 Å². The average molecular weight is 186 g/mol. The van der Waals surface area contributed by atoms with Crippen molar-refractivity contribution < 1.29 is 4.74 Å². The minimum atomic E-state index is 0.467. The minimum absolute atomic E-state index is 0.467. The first kappa shape index (κ1) is 11.0. The lowest BCUT2D eigenvalue weighted by Gasteiger charge is -2.21. The molecule has 0 aromatic carbocycles. The molecule has 2 atom stereocenters. The minimum Gasteiger partial charge on any atom is -0.377 e. The van der Waals surface area contributed by atoms with Gasteiger partial charge in [0.1, 0.15) is 0 Å². The molecule has 1 fully saturated rings. The molecule has 1 aliphatic heterocycles. The predicted molar refractivity (Wildman–Crippen MR) is 55.0 cm³/mol. The summed E-state index contributed by atoms with van der Waals surface area (Å²) in [6, 6.07) is 0.599. The van der Waals surface area contributed by atoms with Crippen molar-refractivity contribution in [2.75, 3.05) is 33.8 Å². The van der Waals surface area contributed by atoms with E-state index in [0.29, 0.717) is 12.1 Å². The van der Waals surface area contributed by atoms with Crippen LogP contribution in [0.15, 0.2) is 0 Å². The summed E-state index contributed by atoms with van der Waals surface area (Å²) in [5, 5.41) is 3.44. The van der Waals surface area contributed by atoms with E-state index in [-0.39, 0.29) is 0 Å². The monoisotopic (exact) mass is 186 g/mol. The van der Waals surface area contributed by atoms with Crippen LogP contribution in [0.4, 0.5) is 0 Å². The van der Waals surface area contributed by atoms with Crippen molar-refractivity contribution in [1.29, 1.82) is 0 Å². The lowest BCUT2D eigenvalue weighted by Crippen LogP contribution is -2.38. The quantitative estimate of drug-likeness (QED) is 0.684. The van der Waals surface area contributed by atoms with Gasteiger partial charge in [0.05, 0.1) is 6.10 Å². The van der Waals surface area contributed by atoms with Crippen LogP contribution in [0.2, 0.25) is 0 Å². The Balaban J connectivity index is 1.99. The molecule has 0 radical (unpaired) electrons. The molecule has 0 aromatic heterocycles. The fourth-order valence-corrected chi connectivity index (χ4v) is 1.44. The van der Waals surface area contributed by atoms with E-state index in [1.54, 1.807) is 0 Å². The van der Waals surface area contributed by atoms with E-state index in [9.17, 15) is 0 Å². The molecule has 13 heavy (non-hydrogen) atoms. The third-order valence-corrected chi connectivity index (χ3v) is 2.72. The van der Waals surface area contributed by atoms with E-state index < -0.39 is 0 Å². The first-order valence-corrected chi connectivity index (χ1v) is 5.19. The lowest BCUT2D eigenvalue weighted by molar-refractivity contribution is 0.108. The molecule has 0 aromatic rings.